The lowest BCUT2D eigenvalue weighted by Crippen LogP contribution is -2.24. The summed E-state index contributed by atoms with van der Waals surface area (Å²) in [6.45, 7) is 4.30. The lowest BCUT2D eigenvalue weighted by atomic mass is 10.1. The standard InChI is InChI=1S/C17H23N3O4/c1-11-9-16(20-24-11)19-17(21)7-8-18-12(2)14-10-13(22-3)5-6-15(14)23-4/h5-6,9-10,12,18H,7-8H2,1-4H3,(H,19,20,21)/t12-/m0/s1. The van der Waals surface area contributed by atoms with Crippen LogP contribution in [0.5, 0.6) is 11.5 Å². The Kier molecular flexibility index (Phi) is 6.20. The molecule has 0 bridgehead atoms. The third kappa shape index (κ3) is 4.73. The summed E-state index contributed by atoms with van der Waals surface area (Å²) in [5, 5.41) is 9.73. The van der Waals surface area contributed by atoms with E-state index in [1.807, 2.05) is 25.1 Å². The van der Waals surface area contributed by atoms with Crippen LogP contribution in [0, 0.1) is 6.92 Å². The Bertz CT molecular complexity index is 684. The van der Waals surface area contributed by atoms with Gasteiger partial charge >= 0.3 is 0 Å². The summed E-state index contributed by atoms with van der Waals surface area (Å²) in [7, 11) is 3.25. The van der Waals surface area contributed by atoms with E-state index in [4.69, 9.17) is 14.0 Å². The van der Waals surface area contributed by atoms with E-state index in [2.05, 4.69) is 15.8 Å². The zero-order chi connectivity index (χ0) is 17.5. The molecule has 7 heteroatoms. The molecule has 0 saturated carbocycles. The number of rotatable bonds is 8. The van der Waals surface area contributed by atoms with Crippen LogP contribution in [0.4, 0.5) is 5.82 Å². The van der Waals surface area contributed by atoms with Crippen LogP contribution in [-0.4, -0.2) is 31.8 Å². The van der Waals surface area contributed by atoms with Gasteiger partial charge in [0, 0.05) is 30.6 Å². The average molecular weight is 333 g/mol. The highest BCUT2D eigenvalue weighted by Gasteiger charge is 2.13. The zero-order valence-corrected chi connectivity index (χ0v) is 14.4. The maximum Gasteiger partial charge on any atom is 0.226 e. The lowest BCUT2D eigenvalue weighted by molar-refractivity contribution is -0.116. The molecule has 0 unspecified atom stereocenters. The Morgan fingerprint density at radius 3 is 2.71 bits per heavy atom. The Labute approximate surface area is 141 Å². The first-order valence-corrected chi connectivity index (χ1v) is 7.72. The molecule has 2 N–H and O–H groups in total. The number of hydrogen-bond donors (Lipinski definition) is 2. The normalized spacial score (nSPS) is 11.8. The van der Waals surface area contributed by atoms with E-state index in [-0.39, 0.29) is 11.9 Å². The number of methoxy groups -OCH3 is 2. The summed E-state index contributed by atoms with van der Waals surface area (Å²) >= 11 is 0. The zero-order valence-electron chi connectivity index (χ0n) is 14.4. The van der Waals surface area contributed by atoms with Gasteiger partial charge in [0.25, 0.3) is 0 Å². The predicted octanol–water partition coefficient (Wildman–Crippen LogP) is 2.68. The topological polar surface area (TPSA) is 85.6 Å². The third-order valence-corrected chi connectivity index (χ3v) is 3.60. The third-order valence-electron chi connectivity index (χ3n) is 3.60. The van der Waals surface area contributed by atoms with Crippen molar-refractivity contribution in [3.63, 3.8) is 0 Å². The molecule has 2 rings (SSSR count). The highest BCUT2D eigenvalue weighted by Crippen LogP contribution is 2.29. The van der Waals surface area contributed by atoms with Crippen LogP contribution in [0.1, 0.15) is 30.7 Å². The van der Waals surface area contributed by atoms with E-state index in [1.54, 1.807) is 27.2 Å². The second-order valence-corrected chi connectivity index (χ2v) is 5.40. The number of carbonyl (C=O) groups is 1. The number of ether oxygens (including phenoxy) is 2. The van der Waals surface area contributed by atoms with Gasteiger partial charge < -0.3 is 24.6 Å². The van der Waals surface area contributed by atoms with E-state index in [9.17, 15) is 4.79 Å². The number of aryl methyl sites for hydroxylation is 1. The van der Waals surface area contributed by atoms with Crippen molar-refractivity contribution in [2.45, 2.75) is 26.3 Å². The Hall–Kier alpha value is -2.54. The van der Waals surface area contributed by atoms with Crippen LogP contribution in [0.25, 0.3) is 0 Å². The van der Waals surface area contributed by atoms with Crippen molar-refractivity contribution in [2.75, 3.05) is 26.1 Å². The number of benzene rings is 1. The highest BCUT2D eigenvalue weighted by atomic mass is 16.5. The van der Waals surface area contributed by atoms with Gasteiger partial charge in [0.15, 0.2) is 5.82 Å². The van der Waals surface area contributed by atoms with Gasteiger partial charge in [-0.1, -0.05) is 5.16 Å². The number of aromatic nitrogens is 1. The van der Waals surface area contributed by atoms with Crippen LogP contribution >= 0.6 is 0 Å². The van der Waals surface area contributed by atoms with Crippen molar-refractivity contribution < 1.29 is 18.8 Å². The molecule has 0 saturated heterocycles. The van der Waals surface area contributed by atoms with Crippen molar-refractivity contribution in [1.29, 1.82) is 0 Å². The molecule has 0 radical (unpaired) electrons. The second-order valence-electron chi connectivity index (χ2n) is 5.40. The number of carbonyl (C=O) groups excluding carboxylic acids is 1. The number of anilines is 1. The fourth-order valence-corrected chi connectivity index (χ4v) is 2.32. The fourth-order valence-electron chi connectivity index (χ4n) is 2.32. The summed E-state index contributed by atoms with van der Waals surface area (Å²) in [5.74, 6) is 2.50. The molecule has 2 aromatic rings. The summed E-state index contributed by atoms with van der Waals surface area (Å²) in [4.78, 5) is 11.9. The van der Waals surface area contributed by atoms with E-state index < -0.39 is 0 Å². The molecule has 0 fully saturated rings. The van der Waals surface area contributed by atoms with E-state index in [1.165, 1.54) is 0 Å². The molecule has 130 valence electrons. The first-order chi connectivity index (χ1) is 11.5. The smallest absolute Gasteiger partial charge is 0.226 e. The monoisotopic (exact) mass is 333 g/mol. The Balaban J connectivity index is 1.86. The van der Waals surface area contributed by atoms with Crippen LogP contribution < -0.4 is 20.1 Å². The minimum absolute atomic E-state index is 0.0112. The molecule has 1 amide bonds. The number of nitrogens with one attached hydrogen (secondary N) is 2. The molecule has 7 nitrogen and oxygen atoms in total. The quantitative estimate of drug-likeness (QED) is 0.772. The highest BCUT2D eigenvalue weighted by molar-refractivity contribution is 5.89. The summed E-state index contributed by atoms with van der Waals surface area (Å²) in [6, 6.07) is 7.33. The molecular formula is C17H23N3O4. The van der Waals surface area contributed by atoms with E-state index in [0.717, 1.165) is 17.1 Å². The summed E-state index contributed by atoms with van der Waals surface area (Å²) in [5.41, 5.74) is 0.976. The van der Waals surface area contributed by atoms with Crippen molar-refractivity contribution in [1.82, 2.24) is 10.5 Å². The van der Waals surface area contributed by atoms with Crippen LogP contribution in [0.2, 0.25) is 0 Å². The molecule has 0 aliphatic rings. The largest absolute Gasteiger partial charge is 0.497 e. The minimum atomic E-state index is -0.124. The maximum absolute atomic E-state index is 11.9. The van der Waals surface area contributed by atoms with Crippen LogP contribution in [0.3, 0.4) is 0 Å². The molecule has 0 spiro atoms. The van der Waals surface area contributed by atoms with Crippen LogP contribution in [0.15, 0.2) is 28.8 Å². The van der Waals surface area contributed by atoms with Gasteiger partial charge in [0.2, 0.25) is 5.91 Å². The predicted molar refractivity (Wildman–Crippen MR) is 90.5 cm³/mol. The molecule has 1 atom stereocenters. The average Bonchev–Trinajstić information content (AvgIpc) is 2.98. The number of nitrogens with zero attached hydrogens (tertiary/aromatic N) is 1. The van der Waals surface area contributed by atoms with Crippen molar-refractivity contribution in [3.8, 4) is 11.5 Å². The van der Waals surface area contributed by atoms with Crippen molar-refractivity contribution in [2.24, 2.45) is 0 Å². The van der Waals surface area contributed by atoms with Gasteiger partial charge in [0.05, 0.1) is 14.2 Å². The van der Waals surface area contributed by atoms with E-state index >= 15 is 0 Å². The van der Waals surface area contributed by atoms with Crippen molar-refractivity contribution >= 4 is 11.7 Å². The van der Waals surface area contributed by atoms with Crippen LogP contribution in [-0.2, 0) is 4.79 Å². The van der Waals surface area contributed by atoms with Gasteiger partial charge in [0.1, 0.15) is 17.3 Å². The molecule has 1 aromatic heterocycles. The molecule has 0 aliphatic carbocycles. The first kappa shape index (κ1) is 17.8. The Morgan fingerprint density at radius 2 is 2.08 bits per heavy atom. The van der Waals surface area contributed by atoms with E-state index in [0.29, 0.717) is 24.5 Å². The van der Waals surface area contributed by atoms with Gasteiger partial charge in [-0.3, -0.25) is 4.79 Å². The summed E-state index contributed by atoms with van der Waals surface area (Å²) < 4.78 is 15.5. The van der Waals surface area contributed by atoms with Crippen molar-refractivity contribution in [3.05, 3.63) is 35.6 Å². The molecule has 0 aliphatic heterocycles. The van der Waals surface area contributed by atoms with Gasteiger partial charge in [-0.25, -0.2) is 0 Å². The first-order valence-electron chi connectivity index (χ1n) is 7.72. The number of amides is 1. The molecular weight excluding hydrogens is 310 g/mol. The second kappa shape index (κ2) is 8.35. The van der Waals surface area contributed by atoms with Gasteiger partial charge in [-0.05, 0) is 32.0 Å². The lowest BCUT2D eigenvalue weighted by Gasteiger charge is -2.18. The molecule has 24 heavy (non-hydrogen) atoms. The SMILES string of the molecule is COc1ccc(OC)c([C@H](C)NCCC(=O)Nc2cc(C)on2)c1. The molecule has 1 aromatic carbocycles. The number of hydrogen-bond acceptors (Lipinski definition) is 6. The van der Waals surface area contributed by atoms with Gasteiger partial charge in [-0.15, -0.1) is 0 Å². The van der Waals surface area contributed by atoms with Gasteiger partial charge in [-0.2, -0.15) is 0 Å². The maximum atomic E-state index is 11.9. The molecule has 1 heterocycles. The fraction of sp³-hybridized carbons (Fsp3) is 0.412. The minimum Gasteiger partial charge on any atom is -0.497 e. The Morgan fingerprint density at radius 1 is 1.29 bits per heavy atom. The summed E-state index contributed by atoms with van der Waals surface area (Å²) in [6.07, 6.45) is 0.322.